The first-order chi connectivity index (χ1) is 27.3. The number of anilines is 2. The molecule has 0 spiro atoms. The van der Waals surface area contributed by atoms with E-state index in [1.807, 2.05) is 36.9 Å². The maximum atomic E-state index is 4.47. The third-order valence-corrected chi connectivity index (χ3v) is 11.2. The highest BCUT2D eigenvalue weighted by atomic mass is 15.2. The number of hydrogen-bond donors (Lipinski definition) is 0. The molecule has 0 fully saturated rings. The van der Waals surface area contributed by atoms with Crippen molar-refractivity contribution in [2.24, 2.45) is 0 Å². The van der Waals surface area contributed by atoms with Crippen molar-refractivity contribution in [3.8, 4) is 45.0 Å². The number of aromatic nitrogens is 4. The maximum Gasteiger partial charge on any atom is 0.0629 e. The highest BCUT2D eigenvalue weighted by Crippen LogP contribution is 2.49. The summed E-state index contributed by atoms with van der Waals surface area (Å²) >= 11 is 0. The summed E-state index contributed by atoms with van der Waals surface area (Å²) in [5.74, 6) is 0.287. The smallest absolute Gasteiger partial charge is 0.0629 e. The van der Waals surface area contributed by atoms with Gasteiger partial charge >= 0.3 is 0 Å². The van der Waals surface area contributed by atoms with E-state index in [4.69, 9.17) is 0 Å². The van der Waals surface area contributed by atoms with Crippen molar-refractivity contribution >= 4 is 33.2 Å². The van der Waals surface area contributed by atoms with E-state index in [-0.39, 0.29) is 12.0 Å². The fourth-order valence-corrected chi connectivity index (χ4v) is 8.84. The van der Waals surface area contributed by atoms with Gasteiger partial charge in [-0.2, -0.15) is 0 Å². The Kier molecular flexibility index (Phi) is 7.24. The molecule has 5 heterocycles. The van der Waals surface area contributed by atoms with Crippen LogP contribution in [-0.2, 0) is 0 Å². The van der Waals surface area contributed by atoms with Crippen LogP contribution in [-0.4, -0.2) is 25.1 Å². The summed E-state index contributed by atoms with van der Waals surface area (Å²) in [6.07, 6.45) is 16.6. The van der Waals surface area contributed by atoms with E-state index in [9.17, 15) is 0 Å². The Labute approximate surface area is 319 Å². The van der Waals surface area contributed by atoms with Crippen LogP contribution in [0, 0.1) is 0 Å². The Morgan fingerprint density at radius 1 is 0.436 bits per heavy atom. The van der Waals surface area contributed by atoms with E-state index < -0.39 is 0 Å². The second kappa shape index (κ2) is 12.7. The van der Waals surface area contributed by atoms with Crippen LogP contribution in [0.1, 0.15) is 11.5 Å². The number of pyridine rings is 2. The molecule has 2 aliphatic rings. The molecule has 55 heavy (non-hydrogen) atoms. The molecule has 11 rings (SSSR count). The second-order valence-corrected chi connectivity index (χ2v) is 14.3. The van der Waals surface area contributed by atoms with E-state index >= 15 is 0 Å². The normalized spacial score (nSPS) is 15.8. The van der Waals surface area contributed by atoms with Crippen molar-refractivity contribution in [1.82, 2.24) is 19.1 Å². The minimum atomic E-state index is 0.180. The fraction of sp³-hybridized carbons (Fsp3) is 0.0400. The van der Waals surface area contributed by atoms with Gasteiger partial charge in [-0.25, -0.2) is 0 Å². The van der Waals surface area contributed by atoms with Gasteiger partial charge in [-0.15, -0.1) is 0 Å². The molecule has 0 saturated heterocycles. The number of hydrogen-bond acceptors (Lipinski definition) is 3. The summed E-state index contributed by atoms with van der Waals surface area (Å²) in [5, 5.41) is 2.50. The molecule has 0 radical (unpaired) electrons. The van der Waals surface area contributed by atoms with Crippen LogP contribution in [0.4, 0.5) is 11.4 Å². The van der Waals surface area contributed by atoms with Crippen molar-refractivity contribution in [3.63, 3.8) is 0 Å². The molecule has 260 valence electrons. The summed E-state index contributed by atoms with van der Waals surface area (Å²) in [5.41, 5.74) is 14.9. The van der Waals surface area contributed by atoms with Crippen molar-refractivity contribution in [1.29, 1.82) is 0 Å². The van der Waals surface area contributed by atoms with E-state index in [1.54, 1.807) is 0 Å². The second-order valence-electron chi connectivity index (χ2n) is 14.3. The quantitative estimate of drug-likeness (QED) is 0.173. The fourth-order valence-electron chi connectivity index (χ4n) is 8.84. The maximum absolute atomic E-state index is 4.47. The Morgan fingerprint density at radius 2 is 1.05 bits per heavy atom. The lowest BCUT2D eigenvalue weighted by Crippen LogP contribution is -2.28. The number of rotatable bonds is 6. The van der Waals surface area contributed by atoms with Gasteiger partial charge in [0.2, 0.25) is 0 Å². The number of para-hydroxylation sites is 3. The third-order valence-electron chi connectivity index (χ3n) is 11.2. The van der Waals surface area contributed by atoms with Gasteiger partial charge in [0.25, 0.3) is 0 Å². The molecule has 1 aliphatic carbocycles. The summed E-state index contributed by atoms with van der Waals surface area (Å²) in [6.45, 7) is 0. The Morgan fingerprint density at radius 3 is 1.76 bits per heavy atom. The molecule has 5 heteroatoms. The zero-order chi connectivity index (χ0) is 36.3. The predicted molar refractivity (Wildman–Crippen MR) is 225 cm³/mol. The monoisotopic (exact) mass is 705 g/mol. The lowest BCUT2D eigenvalue weighted by molar-refractivity contribution is 0.744. The molecule has 0 N–H and O–H groups in total. The first-order valence-electron chi connectivity index (χ1n) is 18.8. The van der Waals surface area contributed by atoms with Gasteiger partial charge in [-0.3, -0.25) is 9.97 Å². The summed E-state index contributed by atoms with van der Waals surface area (Å²) in [4.78, 5) is 11.5. The molecule has 4 aromatic heterocycles. The lowest BCUT2D eigenvalue weighted by Gasteiger charge is -2.30. The van der Waals surface area contributed by atoms with E-state index in [0.29, 0.717) is 0 Å². The van der Waals surface area contributed by atoms with E-state index in [1.165, 1.54) is 33.1 Å². The molecule has 2 atom stereocenters. The Balaban J connectivity index is 1.15. The molecule has 5 nitrogen and oxygen atoms in total. The molecule has 2 unspecified atom stereocenters. The van der Waals surface area contributed by atoms with Gasteiger partial charge in [-0.1, -0.05) is 91.0 Å². The summed E-state index contributed by atoms with van der Waals surface area (Å²) < 4.78 is 4.76. The molecule has 0 bridgehead atoms. The van der Waals surface area contributed by atoms with Gasteiger partial charge in [0.05, 0.1) is 28.5 Å². The molecule has 9 aromatic rings. The van der Waals surface area contributed by atoms with Crippen molar-refractivity contribution in [2.45, 2.75) is 12.0 Å². The zero-order valence-electron chi connectivity index (χ0n) is 29.9. The summed E-state index contributed by atoms with van der Waals surface area (Å²) in [7, 11) is 0. The molecular weight excluding hydrogens is 671 g/mol. The number of nitrogens with zero attached hydrogens (tertiary/aromatic N) is 5. The van der Waals surface area contributed by atoms with Gasteiger partial charge in [0.15, 0.2) is 0 Å². The Hall–Kier alpha value is -7.24. The average molecular weight is 706 g/mol. The van der Waals surface area contributed by atoms with Crippen LogP contribution in [0.5, 0.6) is 0 Å². The highest BCUT2D eigenvalue weighted by molar-refractivity contribution is 6.09. The van der Waals surface area contributed by atoms with Gasteiger partial charge < -0.3 is 14.0 Å². The average Bonchev–Trinajstić information content (AvgIpc) is 3.95. The van der Waals surface area contributed by atoms with E-state index in [0.717, 1.165) is 50.7 Å². The number of allylic oxidation sites excluding steroid dienone is 2. The summed E-state index contributed by atoms with van der Waals surface area (Å²) in [6, 6.07) is 55.2. The van der Waals surface area contributed by atoms with Crippen LogP contribution in [0.3, 0.4) is 0 Å². The van der Waals surface area contributed by atoms with Crippen LogP contribution in [0.25, 0.3) is 66.8 Å². The van der Waals surface area contributed by atoms with Crippen LogP contribution >= 0.6 is 0 Å². The number of benzene rings is 5. The molecule has 5 aromatic carbocycles. The van der Waals surface area contributed by atoms with Crippen molar-refractivity contribution < 1.29 is 0 Å². The molecular formula is C50H35N5. The first-order valence-corrected chi connectivity index (χ1v) is 18.8. The number of fused-ring (bicyclic) bond motifs is 6. The predicted octanol–water partition coefficient (Wildman–Crippen LogP) is 12.1. The highest BCUT2D eigenvalue weighted by Gasteiger charge is 2.37. The molecule has 0 saturated carbocycles. The van der Waals surface area contributed by atoms with E-state index in [2.05, 4.69) is 188 Å². The minimum absolute atomic E-state index is 0.180. The van der Waals surface area contributed by atoms with Crippen LogP contribution in [0.2, 0.25) is 0 Å². The van der Waals surface area contributed by atoms with Gasteiger partial charge in [0.1, 0.15) is 0 Å². The Bertz CT molecular complexity index is 2840. The van der Waals surface area contributed by atoms with Crippen molar-refractivity contribution in [3.05, 3.63) is 206 Å². The van der Waals surface area contributed by atoms with Crippen LogP contribution < -0.4 is 4.90 Å². The largest absolute Gasteiger partial charge is 0.333 e. The zero-order valence-corrected chi connectivity index (χ0v) is 29.9. The standard InChI is InChI=1S/C50H35N5/c1-5-20-47-41(16-1)42-17-2-6-21-48(42)54(47)39-29-37(30-40(31-39)55-49-22-7-3-18-43(49)44-19-4-8-23-50(44)55)34-12-9-15-38(28-34)53-45(35-13-10-26-51-32-35)24-25-46(53)36-14-11-27-52-33-36/h1-33,41,47H. The SMILES string of the molecule is C1=CC2c3ccccc3N(c3cc(-c4cccc(-n5c(-c6cccnc6)ccc5-c5cccnc5)c4)cc(-n4c5ccccc5c5ccccc54)c3)C2C=C1. The third kappa shape index (κ3) is 5.08. The van der Waals surface area contributed by atoms with Crippen LogP contribution in [0.15, 0.2) is 201 Å². The first kappa shape index (κ1) is 31.3. The molecule has 1 aliphatic heterocycles. The van der Waals surface area contributed by atoms with Gasteiger partial charge in [0, 0.05) is 75.4 Å². The van der Waals surface area contributed by atoms with Gasteiger partial charge in [-0.05, 0) is 102 Å². The molecule has 0 amide bonds. The minimum Gasteiger partial charge on any atom is -0.333 e. The topological polar surface area (TPSA) is 38.9 Å². The lowest BCUT2D eigenvalue weighted by atomic mass is 9.91. The van der Waals surface area contributed by atoms with Crippen molar-refractivity contribution in [2.75, 3.05) is 4.90 Å².